The fourth-order valence-electron chi connectivity index (χ4n) is 3.73. The second-order valence-electron chi connectivity index (χ2n) is 7.89. The Labute approximate surface area is 191 Å². The Morgan fingerprint density at radius 3 is 2.84 bits per heavy atom. The van der Waals surface area contributed by atoms with Gasteiger partial charge in [-0.05, 0) is 48.0 Å². The van der Waals surface area contributed by atoms with Crippen LogP contribution in [0.3, 0.4) is 0 Å². The van der Waals surface area contributed by atoms with Crippen molar-refractivity contribution in [3.8, 4) is 11.3 Å². The van der Waals surface area contributed by atoms with Crippen LogP contribution in [0.15, 0.2) is 62.9 Å². The SMILES string of the molecule is CS(=O)(=O)CCNCc1ccc(-c2ccc3c(c2)C2=Nc4cc(Cl)ccc4CN2C=N3)o1. The molecule has 2 aliphatic rings. The van der Waals surface area contributed by atoms with Gasteiger partial charge in [0.1, 0.15) is 27.2 Å². The standard InChI is InChI=1S/C23H21ClN4O3S/c1-32(29,30)9-8-25-12-18-5-7-22(31-18)15-3-6-20-19(10-15)23-27-21-11-17(24)4-2-16(21)13-28(23)14-26-20/h2-7,10-11,14,25H,8-9,12-13H2,1H3. The van der Waals surface area contributed by atoms with Crippen molar-refractivity contribution in [1.82, 2.24) is 10.2 Å². The first kappa shape index (κ1) is 20.9. The Balaban J connectivity index is 1.40. The van der Waals surface area contributed by atoms with Gasteiger partial charge < -0.3 is 14.6 Å². The molecule has 1 N–H and O–H groups in total. The molecule has 0 saturated heterocycles. The van der Waals surface area contributed by atoms with Crippen LogP contribution in [0.2, 0.25) is 5.02 Å². The van der Waals surface area contributed by atoms with Crippen molar-refractivity contribution in [3.05, 3.63) is 70.4 Å². The predicted molar refractivity (Wildman–Crippen MR) is 127 cm³/mol. The molecule has 0 aliphatic carbocycles. The number of hydrogen-bond acceptors (Lipinski definition) is 7. The number of furan rings is 1. The molecule has 2 aliphatic heterocycles. The third-order valence-corrected chi connectivity index (χ3v) is 6.54. The summed E-state index contributed by atoms with van der Waals surface area (Å²) in [5.41, 5.74) is 4.67. The van der Waals surface area contributed by atoms with Crippen LogP contribution in [0, 0.1) is 0 Å². The van der Waals surface area contributed by atoms with E-state index >= 15 is 0 Å². The van der Waals surface area contributed by atoms with E-state index in [4.69, 9.17) is 21.0 Å². The molecule has 0 fully saturated rings. The Morgan fingerprint density at radius 1 is 1.12 bits per heavy atom. The minimum Gasteiger partial charge on any atom is -0.460 e. The number of fused-ring (bicyclic) bond motifs is 4. The van der Waals surface area contributed by atoms with Crippen LogP contribution >= 0.6 is 11.6 Å². The molecule has 3 aromatic rings. The molecule has 7 nitrogen and oxygen atoms in total. The highest BCUT2D eigenvalue weighted by Gasteiger charge is 2.25. The molecule has 0 spiro atoms. The molecule has 2 aromatic carbocycles. The first-order chi connectivity index (χ1) is 15.4. The highest BCUT2D eigenvalue weighted by Crippen LogP contribution is 2.36. The second-order valence-corrected chi connectivity index (χ2v) is 10.6. The molecule has 1 aromatic heterocycles. The normalized spacial score (nSPS) is 14.6. The average molecular weight is 469 g/mol. The van der Waals surface area contributed by atoms with E-state index in [1.807, 2.05) is 59.8 Å². The Bertz CT molecular complexity index is 1360. The highest BCUT2D eigenvalue weighted by molar-refractivity contribution is 7.90. The van der Waals surface area contributed by atoms with Gasteiger partial charge in [-0.3, -0.25) is 0 Å². The number of aliphatic imine (C=N–C) groups is 2. The van der Waals surface area contributed by atoms with Crippen LogP contribution in [0.4, 0.5) is 11.4 Å². The van der Waals surface area contributed by atoms with E-state index in [-0.39, 0.29) is 5.75 Å². The van der Waals surface area contributed by atoms with Gasteiger partial charge in [0, 0.05) is 29.0 Å². The van der Waals surface area contributed by atoms with Gasteiger partial charge in [-0.15, -0.1) is 0 Å². The molecule has 0 amide bonds. The zero-order valence-electron chi connectivity index (χ0n) is 17.4. The lowest BCUT2D eigenvalue weighted by molar-refractivity contribution is 0.497. The van der Waals surface area contributed by atoms with E-state index in [1.54, 1.807) is 0 Å². The Morgan fingerprint density at radius 2 is 2.00 bits per heavy atom. The first-order valence-corrected chi connectivity index (χ1v) is 12.6. The number of hydrogen-bond donors (Lipinski definition) is 1. The summed E-state index contributed by atoms with van der Waals surface area (Å²) in [5.74, 6) is 2.40. The summed E-state index contributed by atoms with van der Waals surface area (Å²) in [5, 5.41) is 3.76. The van der Waals surface area contributed by atoms with E-state index in [9.17, 15) is 8.42 Å². The molecule has 0 bridgehead atoms. The van der Waals surface area contributed by atoms with Crippen molar-refractivity contribution >= 4 is 45.0 Å². The summed E-state index contributed by atoms with van der Waals surface area (Å²) in [4.78, 5) is 11.5. The van der Waals surface area contributed by atoms with Crippen LogP contribution in [0.5, 0.6) is 0 Å². The van der Waals surface area contributed by atoms with E-state index in [2.05, 4.69) is 10.3 Å². The Hall–Kier alpha value is -2.94. The fraction of sp³-hybridized carbons (Fsp3) is 0.217. The number of nitrogens with zero attached hydrogens (tertiary/aromatic N) is 3. The van der Waals surface area contributed by atoms with E-state index < -0.39 is 9.84 Å². The molecule has 0 radical (unpaired) electrons. The van der Waals surface area contributed by atoms with Gasteiger partial charge in [0.2, 0.25) is 0 Å². The van der Waals surface area contributed by atoms with E-state index in [0.29, 0.717) is 24.7 Å². The smallest absolute Gasteiger partial charge is 0.148 e. The third-order valence-electron chi connectivity index (χ3n) is 5.36. The zero-order valence-corrected chi connectivity index (χ0v) is 18.9. The van der Waals surface area contributed by atoms with Crippen molar-refractivity contribution in [2.75, 3.05) is 18.6 Å². The third kappa shape index (κ3) is 4.34. The van der Waals surface area contributed by atoms with Gasteiger partial charge in [-0.25, -0.2) is 18.4 Å². The van der Waals surface area contributed by atoms with Crippen molar-refractivity contribution < 1.29 is 12.8 Å². The molecule has 0 unspecified atom stereocenters. The maximum Gasteiger partial charge on any atom is 0.148 e. The maximum absolute atomic E-state index is 11.2. The van der Waals surface area contributed by atoms with Gasteiger partial charge >= 0.3 is 0 Å². The first-order valence-electron chi connectivity index (χ1n) is 10.2. The van der Waals surface area contributed by atoms with Crippen molar-refractivity contribution in [1.29, 1.82) is 0 Å². The van der Waals surface area contributed by atoms with Crippen LogP contribution in [0.1, 0.15) is 16.9 Å². The summed E-state index contributed by atoms with van der Waals surface area (Å²) < 4.78 is 28.5. The molecule has 5 rings (SSSR count). The summed E-state index contributed by atoms with van der Waals surface area (Å²) in [7, 11) is -2.98. The summed E-state index contributed by atoms with van der Waals surface area (Å²) in [6.45, 7) is 1.53. The second kappa shape index (κ2) is 8.20. The van der Waals surface area contributed by atoms with Crippen LogP contribution < -0.4 is 5.32 Å². The molecular weight excluding hydrogens is 448 g/mol. The van der Waals surface area contributed by atoms with Crippen LogP contribution in [-0.2, 0) is 22.9 Å². The minimum absolute atomic E-state index is 0.0961. The van der Waals surface area contributed by atoms with Crippen LogP contribution in [0.25, 0.3) is 11.3 Å². The lowest BCUT2D eigenvalue weighted by Crippen LogP contribution is -2.34. The lowest BCUT2D eigenvalue weighted by Gasteiger charge is -2.30. The van der Waals surface area contributed by atoms with Crippen LogP contribution in [-0.4, -0.2) is 44.0 Å². The number of sulfone groups is 1. The maximum atomic E-state index is 11.2. The summed E-state index contributed by atoms with van der Waals surface area (Å²) in [6, 6.07) is 15.5. The van der Waals surface area contributed by atoms with Crippen molar-refractivity contribution in [2.24, 2.45) is 9.98 Å². The molecule has 0 saturated carbocycles. The largest absolute Gasteiger partial charge is 0.460 e. The topological polar surface area (TPSA) is 87.3 Å². The molecular formula is C23H21ClN4O3S. The average Bonchev–Trinajstić information content (AvgIpc) is 3.23. The monoisotopic (exact) mass is 468 g/mol. The minimum atomic E-state index is -2.98. The summed E-state index contributed by atoms with van der Waals surface area (Å²) in [6.07, 6.45) is 3.04. The molecule has 9 heteroatoms. The molecule has 32 heavy (non-hydrogen) atoms. The number of benzene rings is 2. The van der Waals surface area contributed by atoms with Crippen molar-refractivity contribution in [2.45, 2.75) is 13.1 Å². The number of amidine groups is 1. The number of halogens is 1. The van der Waals surface area contributed by atoms with Gasteiger partial charge in [0.25, 0.3) is 0 Å². The molecule has 164 valence electrons. The number of nitrogens with one attached hydrogen (secondary N) is 1. The zero-order chi connectivity index (χ0) is 22.3. The van der Waals surface area contributed by atoms with Crippen molar-refractivity contribution in [3.63, 3.8) is 0 Å². The predicted octanol–water partition coefficient (Wildman–Crippen LogP) is 4.30. The quantitative estimate of drug-likeness (QED) is 0.545. The van der Waals surface area contributed by atoms with E-state index in [1.165, 1.54) is 6.26 Å². The lowest BCUT2D eigenvalue weighted by atomic mass is 10.0. The van der Waals surface area contributed by atoms with Gasteiger partial charge in [0.15, 0.2) is 0 Å². The van der Waals surface area contributed by atoms with E-state index in [0.717, 1.165) is 45.4 Å². The molecule has 0 atom stereocenters. The highest BCUT2D eigenvalue weighted by atomic mass is 35.5. The fourth-order valence-corrected chi connectivity index (χ4v) is 4.41. The Kier molecular flexibility index (Phi) is 5.36. The molecule has 3 heterocycles. The number of rotatable bonds is 6. The van der Waals surface area contributed by atoms with Gasteiger partial charge in [0.05, 0.1) is 36.6 Å². The van der Waals surface area contributed by atoms with Gasteiger partial charge in [-0.1, -0.05) is 17.7 Å². The summed E-state index contributed by atoms with van der Waals surface area (Å²) >= 11 is 6.17. The van der Waals surface area contributed by atoms with Gasteiger partial charge in [-0.2, -0.15) is 0 Å².